The van der Waals surface area contributed by atoms with E-state index in [0.29, 0.717) is 18.0 Å². The van der Waals surface area contributed by atoms with Gasteiger partial charge in [-0.15, -0.1) is 0 Å². The second kappa shape index (κ2) is 17.3. The highest BCUT2D eigenvalue weighted by molar-refractivity contribution is 5.84. The molecule has 2 aromatic carbocycles. The molecule has 3 nitrogen and oxygen atoms in total. The molecule has 2 unspecified atom stereocenters. The highest BCUT2D eigenvalue weighted by Gasteiger charge is 2.36. The molecule has 3 atom stereocenters. The van der Waals surface area contributed by atoms with Crippen LogP contribution in [0.1, 0.15) is 121 Å². The smallest absolute Gasteiger partial charge is 0.314 e. The largest absolute Gasteiger partial charge is 0.426 e. The fraction of sp³-hybridized carbons (Fsp3) is 0.611. The minimum Gasteiger partial charge on any atom is -0.426 e. The molecular formula is C36H52O3. The number of Topliss-reactive ketones (excluding diaryl/α,β-unsaturated/α-hetero) is 1. The Labute approximate surface area is 238 Å². The van der Waals surface area contributed by atoms with Crippen LogP contribution in [-0.2, 0) is 28.9 Å². The topological polar surface area (TPSA) is 43.4 Å². The minimum atomic E-state index is -0.147. The summed E-state index contributed by atoms with van der Waals surface area (Å²) in [5, 5.41) is 0. The number of ether oxygens (including phenoxy) is 1. The van der Waals surface area contributed by atoms with E-state index >= 15 is 0 Å². The van der Waals surface area contributed by atoms with Gasteiger partial charge >= 0.3 is 5.97 Å². The Morgan fingerprint density at radius 1 is 0.692 bits per heavy atom. The van der Waals surface area contributed by atoms with Crippen molar-refractivity contribution in [3.05, 3.63) is 65.2 Å². The molecule has 1 aliphatic carbocycles. The normalized spacial score (nSPS) is 19.1. The molecule has 214 valence electrons. The molecule has 0 radical (unpaired) electrons. The number of hydrogen-bond donors (Lipinski definition) is 0. The van der Waals surface area contributed by atoms with Gasteiger partial charge in [-0.25, -0.2) is 0 Å². The second-order valence-electron chi connectivity index (χ2n) is 11.9. The highest BCUT2D eigenvalue weighted by Crippen LogP contribution is 2.36. The van der Waals surface area contributed by atoms with Gasteiger partial charge in [-0.05, 0) is 79.7 Å². The molecule has 0 bridgehead atoms. The lowest BCUT2D eigenvalue weighted by Gasteiger charge is -2.32. The van der Waals surface area contributed by atoms with Crippen LogP contribution in [0.15, 0.2) is 48.5 Å². The van der Waals surface area contributed by atoms with Crippen molar-refractivity contribution in [2.24, 2.45) is 17.8 Å². The second-order valence-corrected chi connectivity index (χ2v) is 11.9. The Bertz CT molecular complexity index is 975. The molecule has 1 aliphatic rings. The SMILES string of the molecule is CCCCCCCc1ccc(CC(=O)C2CCC(C(=O)Oc3ccc(CCCCCCC)cc3)[C@H](C)C2)cc1. The Morgan fingerprint density at radius 2 is 1.21 bits per heavy atom. The maximum Gasteiger partial charge on any atom is 0.314 e. The first-order valence-electron chi connectivity index (χ1n) is 15.9. The molecule has 1 fully saturated rings. The first-order valence-corrected chi connectivity index (χ1v) is 15.9. The first kappa shape index (κ1) is 31.1. The Kier molecular flexibility index (Phi) is 13.8. The van der Waals surface area contributed by atoms with Crippen molar-refractivity contribution in [2.75, 3.05) is 0 Å². The Morgan fingerprint density at radius 3 is 1.74 bits per heavy atom. The molecule has 39 heavy (non-hydrogen) atoms. The van der Waals surface area contributed by atoms with E-state index in [1.165, 1.54) is 75.3 Å². The molecule has 0 heterocycles. The van der Waals surface area contributed by atoms with E-state index in [9.17, 15) is 9.59 Å². The predicted octanol–water partition coefficient (Wildman–Crippen LogP) is 9.48. The Hall–Kier alpha value is -2.42. The summed E-state index contributed by atoms with van der Waals surface area (Å²) in [5.41, 5.74) is 3.77. The highest BCUT2D eigenvalue weighted by atomic mass is 16.5. The van der Waals surface area contributed by atoms with E-state index in [2.05, 4.69) is 57.2 Å². The van der Waals surface area contributed by atoms with Crippen molar-refractivity contribution in [2.45, 2.75) is 124 Å². The van der Waals surface area contributed by atoms with Gasteiger partial charge in [-0.1, -0.05) is 109 Å². The van der Waals surface area contributed by atoms with Crippen molar-refractivity contribution in [1.29, 1.82) is 0 Å². The minimum absolute atomic E-state index is 0.0406. The molecule has 0 aromatic heterocycles. The van der Waals surface area contributed by atoms with Crippen molar-refractivity contribution >= 4 is 11.8 Å². The zero-order valence-electron chi connectivity index (χ0n) is 24.9. The van der Waals surface area contributed by atoms with Crippen LogP contribution in [0.5, 0.6) is 5.75 Å². The third kappa shape index (κ3) is 10.9. The predicted molar refractivity (Wildman–Crippen MR) is 162 cm³/mol. The summed E-state index contributed by atoms with van der Waals surface area (Å²) in [5.74, 6) is 0.849. The molecular weight excluding hydrogens is 480 g/mol. The number of ketones is 1. The van der Waals surface area contributed by atoms with Gasteiger partial charge in [0.2, 0.25) is 0 Å². The van der Waals surface area contributed by atoms with Crippen LogP contribution in [0, 0.1) is 17.8 Å². The number of unbranched alkanes of at least 4 members (excludes halogenated alkanes) is 8. The van der Waals surface area contributed by atoms with Gasteiger partial charge in [0, 0.05) is 12.3 Å². The molecule has 0 spiro atoms. The van der Waals surface area contributed by atoms with Gasteiger partial charge < -0.3 is 4.74 Å². The van der Waals surface area contributed by atoms with E-state index in [4.69, 9.17) is 4.74 Å². The summed E-state index contributed by atoms with van der Waals surface area (Å²) < 4.78 is 5.76. The van der Waals surface area contributed by atoms with Crippen LogP contribution in [-0.4, -0.2) is 11.8 Å². The lowest BCUT2D eigenvalue weighted by atomic mass is 9.73. The molecule has 0 saturated heterocycles. The summed E-state index contributed by atoms with van der Waals surface area (Å²) in [7, 11) is 0. The number of carbonyl (C=O) groups is 2. The molecule has 0 aliphatic heterocycles. The summed E-state index contributed by atoms with van der Waals surface area (Å²) in [6.07, 6.45) is 17.8. The molecule has 0 N–H and O–H groups in total. The zero-order chi connectivity index (χ0) is 27.9. The zero-order valence-corrected chi connectivity index (χ0v) is 24.9. The van der Waals surface area contributed by atoms with E-state index in [1.807, 2.05) is 12.1 Å². The van der Waals surface area contributed by atoms with E-state index in [0.717, 1.165) is 37.7 Å². The van der Waals surface area contributed by atoms with Crippen LogP contribution in [0.2, 0.25) is 0 Å². The number of esters is 1. The third-order valence-corrected chi connectivity index (χ3v) is 8.61. The van der Waals surface area contributed by atoms with Crippen molar-refractivity contribution < 1.29 is 14.3 Å². The average molecular weight is 533 g/mol. The fourth-order valence-electron chi connectivity index (χ4n) is 5.99. The van der Waals surface area contributed by atoms with Gasteiger partial charge in [0.05, 0.1) is 5.92 Å². The van der Waals surface area contributed by atoms with E-state index < -0.39 is 0 Å². The monoisotopic (exact) mass is 532 g/mol. The lowest BCUT2D eigenvalue weighted by Crippen LogP contribution is -2.34. The summed E-state index contributed by atoms with van der Waals surface area (Å²) >= 11 is 0. The van der Waals surface area contributed by atoms with E-state index in [1.54, 1.807) is 0 Å². The van der Waals surface area contributed by atoms with Gasteiger partial charge in [0.15, 0.2) is 0 Å². The van der Waals surface area contributed by atoms with Crippen LogP contribution >= 0.6 is 0 Å². The average Bonchev–Trinajstić information content (AvgIpc) is 2.94. The van der Waals surface area contributed by atoms with Crippen molar-refractivity contribution in [3.8, 4) is 5.75 Å². The number of aryl methyl sites for hydroxylation is 2. The van der Waals surface area contributed by atoms with Gasteiger partial charge in [-0.3, -0.25) is 9.59 Å². The van der Waals surface area contributed by atoms with Crippen LogP contribution < -0.4 is 4.74 Å². The molecule has 1 saturated carbocycles. The maximum atomic E-state index is 13.1. The summed E-state index contributed by atoms with van der Waals surface area (Å²) in [4.78, 5) is 26.0. The van der Waals surface area contributed by atoms with Gasteiger partial charge in [0.1, 0.15) is 11.5 Å². The fourth-order valence-corrected chi connectivity index (χ4v) is 5.99. The van der Waals surface area contributed by atoms with E-state index in [-0.39, 0.29) is 23.7 Å². The summed E-state index contributed by atoms with van der Waals surface area (Å²) in [6, 6.07) is 16.7. The third-order valence-electron chi connectivity index (χ3n) is 8.61. The summed E-state index contributed by atoms with van der Waals surface area (Å²) in [6.45, 7) is 6.59. The number of benzene rings is 2. The van der Waals surface area contributed by atoms with Crippen molar-refractivity contribution in [3.63, 3.8) is 0 Å². The lowest BCUT2D eigenvalue weighted by molar-refractivity contribution is -0.143. The molecule has 0 amide bonds. The molecule has 3 heteroatoms. The standard InChI is InChI=1S/C36H52O3/c1-4-6-8-10-12-14-29-16-18-31(19-17-29)27-35(37)32-22-25-34(28(3)26-32)36(38)39-33-23-20-30(21-24-33)15-13-11-9-7-5-2/h16-21,23-24,28,32,34H,4-15,22,25-27H2,1-3H3/t28-,32?,34?/m1/s1. The molecule has 2 aromatic rings. The number of rotatable bonds is 17. The van der Waals surface area contributed by atoms with Crippen molar-refractivity contribution in [1.82, 2.24) is 0 Å². The van der Waals surface area contributed by atoms with Crippen LogP contribution in [0.3, 0.4) is 0 Å². The number of hydrogen-bond acceptors (Lipinski definition) is 3. The van der Waals surface area contributed by atoms with Gasteiger partial charge in [-0.2, -0.15) is 0 Å². The first-order chi connectivity index (χ1) is 19.0. The number of carbonyl (C=O) groups excluding carboxylic acids is 2. The Balaban J connectivity index is 1.39. The van der Waals surface area contributed by atoms with Crippen LogP contribution in [0.4, 0.5) is 0 Å². The maximum absolute atomic E-state index is 13.1. The quantitative estimate of drug-likeness (QED) is 0.116. The van der Waals surface area contributed by atoms with Gasteiger partial charge in [0.25, 0.3) is 0 Å². The molecule has 3 rings (SSSR count). The van der Waals surface area contributed by atoms with Crippen LogP contribution in [0.25, 0.3) is 0 Å².